The molecule has 2 heterocycles. The first-order valence-electron chi connectivity index (χ1n) is 6.80. The lowest BCUT2D eigenvalue weighted by Crippen LogP contribution is -2.45. The molecule has 1 aromatic rings. The standard InChI is InChI=1S/C14H22N4O/c1-17-9-2-10-18(14(19)13(17)3-6-15)11-12-4-7-16-8-5-12/h4-5,7-8,13H,2-3,6,9-11,15H2,1H3. The zero-order valence-corrected chi connectivity index (χ0v) is 11.5. The highest BCUT2D eigenvalue weighted by Gasteiger charge is 2.29. The summed E-state index contributed by atoms with van der Waals surface area (Å²) in [7, 11) is 2.01. The second kappa shape index (κ2) is 6.63. The summed E-state index contributed by atoms with van der Waals surface area (Å²) >= 11 is 0. The third-order valence-electron chi connectivity index (χ3n) is 3.63. The third-order valence-corrected chi connectivity index (χ3v) is 3.63. The minimum Gasteiger partial charge on any atom is -0.337 e. The van der Waals surface area contributed by atoms with Crippen LogP contribution in [0.4, 0.5) is 0 Å². The molecule has 2 N–H and O–H groups in total. The number of carbonyl (C=O) groups is 1. The molecule has 0 aromatic carbocycles. The average Bonchev–Trinajstić information content (AvgIpc) is 2.55. The Hall–Kier alpha value is -1.46. The Morgan fingerprint density at radius 1 is 1.37 bits per heavy atom. The Morgan fingerprint density at radius 3 is 2.79 bits per heavy atom. The first-order valence-corrected chi connectivity index (χ1v) is 6.80. The quantitative estimate of drug-likeness (QED) is 0.856. The fourth-order valence-electron chi connectivity index (χ4n) is 2.54. The maximum absolute atomic E-state index is 12.6. The maximum atomic E-state index is 12.6. The Bertz CT molecular complexity index is 409. The van der Waals surface area contributed by atoms with Gasteiger partial charge in [-0.05, 0) is 44.1 Å². The number of hydrogen-bond donors (Lipinski definition) is 1. The summed E-state index contributed by atoms with van der Waals surface area (Å²) in [6.07, 6.45) is 5.26. The van der Waals surface area contributed by atoms with E-state index in [1.165, 1.54) is 0 Å². The van der Waals surface area contributed by atoms with Gasteiger partial charge in [-0.1, -0.05) is 0 Å². The first-order chi connectivity index (χ1) is 9.22. The predicted molar refractivity (Wildman–Crippen MR) is 74.4 cm³/mol. The molecule has 5 heteroatoms. The van der Waals surface area contributed by atoms with Gasteiger partial charge < -0.3 is 10.6 Å². The van der Waals surface area contributed by atoms with Gasteiger partial charge in [-0.15, -0.1) is 0 Å². The Kier molecular flexibility index (Phi) is 4.87. The van der Waals surface area contributed by atoms with Gasteiger partial charge in [-0.3, -0.25) is 14.7 Å². The van der Waals surface area contributed by atoms with Gasteiger partial charge in [0, 0.05) is 32.0 Å². The molecule has 1 aromatic heterocycles. The Balaban J connectivity index is 2.09. The van der Waals surface area contributed by atoms with Gasteiger partial charge in [0.05, 0.1) is 6.04 Å². The largest absolute Gasteiger partial charge is 0.337 e. The summed E-state index contributed by atoms with van der Waals surface area (Å²) in [6.45, 7) is 2.97. The minimum atomic E-state index is -0.0747. The lowest BCUT2D eigenvalue weighted by Gasteiger charge is -2.27. The van der Waals surface area contributed by atoms with Gasteiger partial charge in [-0.25, -0.2) is 0 Å². The van der Waals surface area contributed by atoms with Crippen molar-refractivity contribution in [1.29, 1.82) is 0 Å². The van der Waals surface area contributed by atoms with Crippen LogP contribution in [0.15, 0.2) is 24.5 Å². The molecule has 0 saturated carbocycles. The van der Waals surface area contributed by atoms with Crippen molar-refractivity contribution < 1.29 is 4.79 Å². The first kappa shape index (κ1) is 14.0. The second-order valence-electron chi connectivity index (χ2n) is 5.04. The average molecular weight is 262 g/mol. The number of carbonyl (C=O) groups excluding carboxylic acids is 1. The summed E-state index contributed by atoms with van der Waals surface area (Å²) in [5.74, 6) is 0.197. The molecule has 5 nitrogen and oxygen atoms in total. The van der Waals surface area contributed by atoms with Crippen molar-refractivity contribution in [3.8, 4) is 0 Å². The molecule has 1 aliphatic rings. The van der Waals surface area contributed by atoms with Gasteiger partial charge in [-0.2, -0.15) is 0 Å². The van der Waals surface area contributed by atoms with E-state index in [9.17, 15) is 4.79 Å². The fourth-order valence-corrected chi connectivity index (χ4v) is 2.54. The van der Waals surface area contributed by atoms with Crippen molar-refractivity contribution >= 4 is 5.91 Å². The van der Waals surface area contributed by atoms with Gasteiger partial charge >= 0.3 is 0 Å². The molecule has 0 aliphatic carbocycles. The molecule has 1 amide bonds. The third kappa shape index (κ3) is 3.52. The molecule has 0 spiro atoms. The van der Waals surface area contributed by atoms with E-state index in [2.05, 4.69) is 9.88 Å². The SMILES string of the molecule is CN1CCCN(Cc2ccncc2)C(=O)C1CCN. The van der Waals surface area contributed by atoms with E-state index >= 15 is 0 Å². The number of nitrogens with two attached hydrogens (primary N) is 1. The summed E-state index contributed by atoms with van der Waals surface area (Å²) in [5.41, 5.74) is 6.75. The fraction of sp³-hybridized carbons (Fsp3) is 0.571. The molecule has 1 atom stereocenters. The van der Waals surface area contributed by atoms with Crippen LogP contribution >= 0.6 is 0 Å². The molecule has 2 rings (SSSR count). The zero-order chi connectivity index (χ0) is 13.7. The van der Waals surface area contributed by atoms with Crippen LogP contribution in [-0.2, 0) is 11.3 Å². The van der Waals surface area contributed by atoms with Crippen molar-refractivity contribution in [2.45, 2.75) is 25.4 Å². The van der Waals surface area contributed by atoms with Crippen LogP contribution in [0.3, 0.4) is 0 Å². The Labute approximate surface area is 114 Å². The number of rotatable bonds is 4. The summed E-state index contributed by atoms with van der Waals surface area (Å²) in [5, 5.41) is 0. The molecule has 1 saturated heterocycles. The van der Waals surface area contributed by atoms with Crippen LogP contribution in [0.25, 0.3) is 0 Å². The topological polar surface area (TPSA) is 62.5 Å². The van der Waals surface area contributed by atoms with E-state index in [-0.39, 0.29) is 11.9 Å². The maximum Gasteiger partial charge on any atom is 0.240 e. The van der Waals surface area contributed by atoms with Gasteiger partial charge in [0.15, 0.2) is 0 Å². The monoisotopic (exact) mass is 262 g/mol. The summed E-state index contributed by atoms with van der Waals surface area (Å²) in [4.78, 5) is 20.6. The van der Waals surface area contributed by atoms with Gasteiger partial charge in [0.1, 0.15) is 0 Å². The molecule has 0 bridgehead atoms. The highest BCUT2D eigenvalue weighted by atomic mass is 16.2. The second-order valence-corrected chi connectivity index (χ2v) is 5.04. The van der Waals surface area contributed by atoms with Crippen LogP contribution < -0.4 is 5.73 Å². The Morgan fingerprint density at radius 2 is 2.11 bits per heavy atom. The molecular weight excluding hydrogens is 240 g/mol. The molecule has 1 aliphatic heterocycles. The molecular formula is C14H22N4O. The molecule has 0 radical (unpaired) electrons. The number of likely N-dealkylation sites (N-methyl/N-ethyl adjacent to an activating group) is 1. The lowest BCUT2D eigenvalue weighted by atomic mass is 10.1. The van der Waals surface area contributed by atoms with Crippen molar-refractivity contribution in [2.75, 3.05) is 26.7 Å². The number of aromatic nitrogens is 1. The highest BCUT2D eigenvalue weighted by Crippen LogP contribution is 2.15. The van der Waals surface area contributed by atoms with E-state index in [4.69, 9.17) is 5.73 Å². The van der Waals surface area contributed by atoms with E-state index in [0.29, 0.717) is 13.1 Å². The normalized spacial score (nSPS) is 21.5. The van der Waals surface area contributed by atoms with E-state index in [0.717, 1.165) is 31.5 Å². The van der Waals surface area contributed by atoms with E-state index in [1.807, 2.05) is 24.1 Å². The zero-order valence-electron chi connectivity index (χ0n) is 11.5. The van der Waals surface area contributed by atoms with Crippen LogP contribution in [0.2, 0.25) is 0 Å². The molecule has 19 heavy (non-hydrogen) atoms. The number of hydrogen-bond acceptors (Lipinski definition) is 4. The van der Waals surface area contributed by atoms with E-state index in [1.54, 1.807) is 12.4 Å². The van der Waals surface area contributed by atoms with Gasteiger partial charge in [0.25, 0.3) is 0 Å². The summed E-state index contributed by atoms with van der Waals surface area (Å²) in [6, 6.07) is 3.84. The van der Waals surface area contributed by atoms with Crippen LogP contribution in [0, 0.1) is 0 Å². The minimum absolute atomic E-state index is 0.0747. The van der Waals surface area contributed by atoms with Crippen molar-refractivity contribution in [1.82, 2.24) is 14.8 Å². The lowest BCUT2D eigenvalue weighted by molar-refractivity contribution is -0.135. The number of amides is 1. The van der Waals surface area contributed by atoms with Crippen LogP contribution in [0.1, 0.15) is 18.4 Å². The highest BCUT2D eigenvalue weighted by molar-refractivity contribution is 5.82. The molecule has 104 valence electrons. The predicted octanol–water partition coefficient (Wildman–Crippen LogP) is 0.463. The van der Waals surface area contributed by atoms with Crippen molar-refractivity contribution in [3.05, 3.63) is 30.1 Å². The molecule has 1 fully saturated rings. The number of pyridine rings is 1. The number of nitrogens with zero attached hydrogens (tertiary/aromatic N) is 3. The van der Waals surface area contributed by atoms with Crippen molar-refractivity contribution in [3.63, 3.8) is 0 Å². The summed E-state index contributed by atoms with van der Waals surface area (Å²) < 4.78 is 0. The molecule has 1 unspecified atom stereocenters. The van der Waals surface area contributed by atoms with E-state index < -0.39 is 0 Å². The van der Waals surface area contributed by atoms with Gasteiger partial charge in [0.2, 0.25) is 5.91 Å². The van der Waals surface area contributed by atoms with Crippen molar-refractivity contribution in [2.24, 2.45) is 5.73 Å². The smallest absolute Gasteiger partial charge is 0.240 e. The van der Waals surface area contributed by atoms with Crippen LogP contribution in [0.5, 0.6) is 0 Å². The van der Waals surface area contributed by atoms with Crippen LogP contribution in [-0.4, -0.2) is 53.4 Å².